The molecule has 2 heterocycles. The molecule has 88 valence electrons. The minimum atomic E-state index is -0.329. The number of nitrogens with zero attached hydrogens (tertiary/aromatic N) is 2. The van der Waals surface area contributed by atoms with Gasteiger partial charge in [0.2, 0.25) is 0 Å². The van der Waals surface area contributed by atoms with Gasteiger partial charge in [-0.2, -0.15) is 0 Å². The van der Waals surface area contributed by atoms with Crippen molar-refractivity contribution in [3.8, 4) is 0 Å². The van der Waals surface area contributed by atoms with E-state index in [1.807, 2.05) is 18.2 Å². The minimum Gasteiger partial charge on any atom is -0.443 e. The SMILES string of the molecule is NCC1CN(c2ccc3ncsc3c2)C(=O)O1. The Labute approximate surface area is 102 Å². The van der Waals surface area contributed by atoms with Crippen molar-refractivity contribution >= 4 is 33.3 Å². The predicted octanol–water partition coefficient (Wildman–Crippen LogP) is 1.58. The molecule has 0 aliphatic carbocycles. The van der Waals surface area contributed by atoms with Crippen molar-refractivity contribution in [1.29, 1.82) is 0 Å². The Kier molecular flexibility index (Phi) is 2.45. The summed E-state index contributed by atoms with van der Waals surface area (Å²) in [5.41, 5.74) is 9.07. The second kappa shape index (κ2) is 3.97. The smallest absolute Gasteiger partial charge is 0.414 e. The highest BCUT2D eigenvalue weighted by Crippen LogP contribution is 2.27. The monoisotopic (exact) mass is 249 g/mol. The van der Waals surface area contributed by atoms with Gasteiger partial charge in [0.25, 0.3) is 0 Å². The molecule has 1 unspecified atom stereocenters. The lowest BCUT2D eigenvalue weighted by Gasteiger charge is -2.12. The summed E-state index contributed by atoms with van der Waals surface area (Å²) in [6.07, 6.45) is -0.538. The van der Waals surface area contributed by atoms with Gasteiger partial charge in [-0.25, -0.2) is 9.78 Å². The fourth-order valence-corrected chi connectivity index (χ4v) is 2.58. The summed E-state index contributed by atoms with van der Waals surface area (Å²) >= 11 is 1.55. The molecule has 6 heteroatoms. The molecule has 2 N–H and O–H groups in total. The largest absolute Gasteiger partial charge is 0.443 e. The summed E-state index contributed by atoms with van der Waals surface area (Å²) in [4.78, 5) is 17.5. The first-order chi connectivity index (χ1) is 8.28. The topological polar surface area (TPSA) is 68.5 Å². The molecule has 1 fully saturated rings. The fraction of sp³-hybridized carbons (Fsp3) is 0.273. The van der Waals surface area contributed by atoms with Gasteiger partial charge in [-0.1, -0.05) is 0 Å². The van der Waals surface area contributed by atoms with E-state index in [9.17, 15) is 4.79 Å². The van der Waals surface area contributed by atoms with Crippen molar-refractivity contribution in [3.05, 3.63) is 23.7 Å². The maximum Gasteiger partial charge on any atom is 0.414 e. The number of benzene rings is 1. The van der Waals surface area contributed by atoms with E-state index in [1.54, 1.807) is 21.7 Å². The Hall–Kier alpha value is -1.66. The van der Waals surface area contributed by atoms with E-state index in [4.69, 9.17) is 10.5 Å². The average molecular weight is 249 g/mol. The summed E-state index contributed by atoms with van der Waals surface area (Å²) in [6, 6.07) is 5.74. The second-order valence-electron chi connectivity index (χ2n) is 3.86. The number of hydrogen-bond donors (Lipinski definition) is 1. The van der Waals surface area contributed by atoms with Crippen molar-refractivity contribution in [1.82, 2.24) is 4.98 Å². The van der Waals surface area contributed by atoms with E-state index in [0.717, 1.165) is 15.9 Å². The lowest BCUT2D eigenvalue weighted by molar-refractivity contribution is 0.145. The van der Waals surface area contributed by atoms with E-state index in [0.29, 0.717) is 13.1 Å². The third kappa shape index (κ3) is 1.75. The summed E-state index contributed by atoms with van der Waals surface area (Å²) in [7, 11) is 0. The summed E-state index contributed by atoms with van der Waals surface area (Å²) in [5, 5.41) is 0. The number of nitrogens with two attached hydrogens (primary N) is 1. The minimum absolute atomic E-state index is 0.209. The third-order valence-electron chi connectivity index (χ3n) is 2.76. The summed E-state index contributed by atoms with van der Waals surface area (Å²) < 4.78 is 6.18. The third-order valence-corrected chi connectivity index (χ3v) is 3.56. The van der Waals surface area contributed by atoms with Crippen LogP contribution in [0.25, 0.3) is 10.2 Å². The zero-order valence-electron chi connectivity index (χ0n) is 9.00. The van der Waals surface area contributed by atoms with Crippen LogP contribution in [0.5, 0.6) is 0 Å². The standard InChI is InChI=1S/C11H11N3O2S/c12-4-8-5-14(11(15)16-8)7-1-2-9-10(3-7)17-6-13-9/h1-3,6,8H,4-5,12H2. The van der Waals surface area contributed by atoms with Gasteiger partial charge in [0, 0.05) is 12.2 Å². The highest BCUT2D eigenvalue weighted by Gasteiger charge is 2.31. The second-order valence-corrected chi connectivity index (χ2v) is 4.74. The van der Waals surface area contributed by atoms with Gasteiger partial charge >= 0.3 is 6.09 Å². The van der Waals surface area contributed by atoms with Crippen LogP contribution in [-0.4, -0.2) is 30.3 Å². The molecule has 1 aromatic carbocycles. The van der Waals surface area contributed by atoms with Crippen molar-refractivity contribution in [2.24, 2.45) is 5.73 Å². The van der Waals surface area contributed by atoms with Crippen LogP contribution in [0.3, 0.4) is 0 Å². The molecule has 0 bridgehead atoms. The number of thiazole rings is 1. The number of ether oxygens (including phenoxy) is 1. The molecule has 0 saturated carbocycles. The van der Waals surface area contributed by atoms with Gasteiger partial charge in [-0.05, 0) is 18.2 Å². The first kappa shape index (κ1) is 10.5. The molecule has 1 aliphatic heterocycles. The Morgan fingerprint density at radius 3 is 3.24 bits per heavy atom. The Balaban J connectivity index is 1.95. The first-order valence-corrected chi connectivity index (χ1v) is 6.17. The van der Waals surface area contributed by atoms with Crippen LogP contribution in [0.15, 0.2) is 23.7 Å². The number of aromatic nitrogens is 1. The predicted molar refractivity (Wildman–Crippen MR) is 66.3 cm³/mol. The van der Waals surface area contributed by atoms with E-state index in [1.165, 1.54) is 0 Å². The van der Waals surface area contributed by atoms with E-state index >= 15 is 0 Å². The van der Waals surface area contributed by atoms with Gasteiger partial charge in [-0.3, -0.25) is 4.90 Å². The molecular weight excluding hydrogens is 238 g/mol. The maximum atomic E-state index is 11.7. The summed E-state index contributed by atoms with van der Waals surface area (Å²) in [6.45, 7) is 0.866. The maximum absolute atomic E-state index is 11.7. The van der Waals surface area contributed by atoms with Crippen LogP contribution in [0.1, 0.15) is 0 Å². The van der Waals surface area contributed by atoms with Crippen LogP contribution in [-0.2, 0) is 4.74 Å². The molecule has 1 amide bonds. The van der Waals surface area contributed by atoms with Crippen LogP contribution < -0.4 is 10.6 Å². The number of rotatable bonds is 2. The van der Waals surface area contributed by atoms with Crippen molar-refractivity contribution in [2.45, 2.75) is 6.10 Å². The van der Waals surface area contributed by atoms with E-state index in [-0.39, 0.29) is 12.2 Å². The molecule has 17 heavy (non-hydrogen) atoms. The van der Waals surface area contributed by atoms with E-state index < -0.39 is 0 Å². The first-order valence-electron chi connectivity index (χ1n) is 5.29. The number of amides is 1. The molecule has 5 nitrogen and oxygen atoms in total. The number of cyclic esters (lactones) is 1. The number of carbonyl (C=O) groups is 1. The molecule has 2 aromatic rings. The van der Waals surface area contributed by atoms with Crippen molar-refractivity contribution < 1.29 is 9.53 Å². The Morgan fingerprint density at radius 1 is 1.59 bits per heavy atom. The lowest BCUT2D eigenvalue weighted by atomic mass is 10.2. The van der Waals surface area contributed by atoms with Crippen molar-refractivity contribution in [3.63, 3.8) is 0 Å². The molecule has 1 aromatic heterocycles. The number of fused-ring (bicyclic) bond motifs is 1. The fourth-order valence-electron chi connectivity index (χ4n) is 1.87. The highest BCUT2D eigenvalue weighted by atomic mass is 32.1. The van der Waals surface area contributed by atoms with Crippen LogP contribution in [0.4, 0.5) is 10.5 Å². The molecule has 0 spiro atoms. The zero-order chi connectivity index (χ0) is 11.8. The van der Waals surface area contributed by atoms with Crippen LogP contribution in [0, 0.1) is 0 Å². The van der Waals surface area contributed by atoms with Crippen LogP contribution >= 0.6 is 11.3 Å². The molecule has 1 atom stereocenters. The zero-order valence-corrected chi connectivity index (χ0v) is 9.81. The quantitative estimate of drug-likeness (QED) is 0.877. The lowest BCUT2D eigenvalue weighted by Crippen LogP contribution is -2.27. The molecule has 1 saturated heterocycles. The van der Waals surface area contributed by atoms with Gasteiger partial charge in [0.15, 0.2) is 0 Å². The van der Waals surface area contributed by atoms with Crippen molar-refractivity contribution in [2.75, 3.05) is 18.0 Å². The molecule has 0 radical (unpaired) electrons. The van der Waals surface area contributed by atoms with E-state index in [2.05, 4.69) is 4.98 Å². The highest BCUT2D eigenvalue weighted by molar-refractivity contribution is 7.16. The molecule has 1 aliphatic rings. The number of carbonyl (C=O) groups excluding carboxylic acids is 1. The molecule has 3 rings (SSSR count). The average Bonchev–Trinajstić information content (AvgIpc) is 2.93. The number of hydrogen-bond acceptors (Lipinski definition) is 5. The Bertz CT molecular complexity index is 569. The van der Waals surface area contributed by atoms with Gasteiger partial charge in [-0.15, -0.1) is 11.3 Å². The number of anilines is 1. The van der Waals surface area contributed by atoms with Gasteiger partial charge in [0.05, 0.1) is 22.3 Å². The summed E-state index contributed by atoms with van der Waals surface area (Å²) in [5.74, 6) is 0. The van der Waals surface area contributed by atoms with Crippen LogP contribution in [0.2, 0.25) is 0 Å². The molecular formula is C11H11N3O2S. The van der Waals surface area contributed by atoms with Gasteiger partial charge < -0.3 is 10.5 Å². The Morgan fingerprint density at radius 2 is 2.47 bits per heavy atom. The van der Waals surface area contributed by atoms with Gasteiger partial charge in [0.1, 0.15) is 6.10 Å². The normalized spacial score (nSPS) is 19.9.